The Morgan fingerprint density at radius 1 is 1.08 bits per heavy atom. The third-order valence-corrected chi connectivity index (χ3v) is 1.54. The van der Waals surface area contributed by atoms with Gasteiger partial charge in [0.1, 0.15) is 0 Å². The topological polar surface area (TPSA) is 54.8 Å². The molecule has 0 saturated heterocycles. The van der Waals surface area contributed by atoms with Gasteiger partial charge in [0.15, 0.2) is 5.84 Å². The SMILES string of the molecule is COC(OC)(OC)C(=N)N(C)C. The van der Waals surface area contributed by atoms with Crippen molar-refractivity contribution in [3.8, 4) is 0 Å². The third kappa shape index (κ3) is 1.94. The van der Waals surface area contributed by atoms with Gasteiger partial charge in [-0.3, -0.25) is 5.41 Å². The van der Waals surface area contributed by atoms with Gasteiger partial charge in [0.2, 0.25) is 0 Å². The van der Waals surface area contributed by atoms with E-state index in [0.717, 1.165) is 0 Å². The zero-order valence-corrected chi connectivity index (χ0v) is 8.17. The highest BCUT2D eigenvalue weighted by Crippen LogP contribution is 2.14. The zero-order chi connectivity index (χ0) is 9.78. The first-order chi connectivity index (χ1) is 5.54. The van der Waals surface area contributed by atoms with Gasteiger partial charge in [-0.1, -0.05) is 0 Å². The molecule has 0 aliphatic rings. The molecule has 0 spiro atoms. The van der Waals surface area contributed by atoms with Crippen LogP contribution in [0.2, 0.25) is 0 Å². The highest BCUT2D eigenvalue weighted by Gasteiger charge is 2.37. The Morgan fingerprint density at radius 2 is 1.42 bits per heavy atom. The van der Waals surface area contributed by atoms with Crippen molar-refractivity contribution in [2.75, 3.05) is 35.4 Å². The van der Waals surface area contributed by atoms with Gasteiger partial charge in [-0.25, -0.2) is 0 Å². The first-order valence-electron chi connectivity index (χ1n) is 3.46. The van der Waals surface area contributed by atoms with Gasteiger partial charge in [-0.2, -0.15) is 0 Å². The van der Waals surface area contributed by atoms with Gasteiger partial charge in [0, 0.05) is 35.4 Å². The number of nitrogens with one attached hydrogen (secondary N) is 1. The molecule has 0 unspecified atom stereocenters. The van der Waals surface area contributed by atoms with Gasteiger partial charge in [-0.15, -0.1) is 0 Å². The Morgan fingerprint density at radius 3 is 1.50 bits per heavy atom. The Hall–Kier alpha value is -0.650. The number of rotatable bonds is 4. The van der Waals surface area contributed by atoms with Crippen LogP contribution in [0.1, 0.15) is 0 Å². The summed E-state index contributed by atoms with van der Waals surface area (Å²) in [7, 11) is 7.70. The first-order valence-corrected chi connectivity index (χ1v) is 3.46. The molecule has 72 valence electrons. The molecule has 0 fully saturated rings. The number of ether oxygens (including phenoxy) is 3. The van der Waals surface area contributed by atoms with Gasteiger partial charge < -0.3 is 19.1 Å². The highest BCUT2D eigenvalue weighted by atomic mass is 16.9. The minimum absolute atomic E-state index is 0.106. The average Bonchev–Trinajstić information content (AvgIpc) is 2.08. The lowest BCUT2D eigenvalue weighted by Crippen LogP contribution is -2.50. The molecule has 1 N–H and O–H groups in total. The molecular formula is C7H16N2O3. The van der Waals surface area contributed by atoms with E-state index in [1.807, 2.05) is 0 Å². The summed E-state index contributed by atoms with van der Waals surface area (Å²) >= 11 is 0. The molecule has 0 aromatic rings. The quantitative estimate of drug-likeness (QED) is 0.375. The van der Waals surface area contributed by atoms with E-state index in [9.17, 15) is 0 Å². The van der Waals surface area contributed by atoms with E-state index in [4.69, 9.17) is 19.6 Å². The van der Waals surface area contributed by atoms with Crippen molar-refractivity contribution in [2.45, 2.75) is 5.97 Å². The van der Waals surface area contributed by atoms with E-state index in [0.29, 0.717) is 0 Å². The molecule has 0 saturated carbocycles. The fraction of sp³-hybridized carbons (Fsp3) is 0.857. The predicted molar refractivity (Wildman–Crippen MR) is 45.2 cm³/mol. The molecule has 0 amide bonds. The monoisotopic (exact) mass is 176 g/mol. The van der Waals surface area contributed by atoms with Crippen molar-refractivity contribution >= 4 is 5.84 Å². The van der Waals surface area contributed by atoms with Crippen LogP contribution in [0.3, 0.4) is 0 Å². The first kappa shape index (κ1) is 11.4. The minimum atomic E-state index is -1.39. The van der Waals surface area contributed by atoms with Crippen LogP contribution in [0.5, 0.6) is 0 Å². The molecular weight excluding hydrogens is 160 g/mol. The van der Waals surface area contributed by atoms with Crippen molar-refractivity contribution in [3.63, 3.8) is 0 Å². The molecule has 0 atom stereocenters. The zero-order valence-electron chi connectivity index (χ0n) is 8.17. The van der Waals surface area contributed by atoms with Crippen LogP contribution in [-0.4, -0.2) is 52.1 Å². The van der Waals surface area contributed by atoms with Crippen molar-refractivity contribution < 1.29 is 14.2 Å². The van der Waals surface area contributed by atoms with E-state index < -0.39 is 5.97 Å². The van der Waals surface area contributed by atoms with Crippen LogP contribution < -0.4 is 0 Å². The minimum Gasteiger partial charge on any atom is -0.360 e. The van der Waals surface area contributed by atoms with Crippen LogP contribution >= 0.6 is 0 Å². The standard InChI is InChI=1S/C7H16N2O3/c1-9(2)6(8)7(10-3,11-4)12-5/h8H,1-5H3. The van der Waals surface area contributed by atoms with Crippen molar-refractivity contribution in [3.05, 3.63) is 0 Å². The molecule has 0 aromatic carbocycles. The van der Waals surface area contributed by atoms with E-state index in [2.05, 4.69) is 0 Å². The lowest BCUT2D eigenvalue weighted by atomic mass is 10.4. The molecule has 5 nitrogen and oxygen atoms in total. The number of nitrogens with zero attached hydrogens (tertiary/aromatic N) is 1. The van der Waals surface area contributed by atoms with Crippen molar-refractivity contribution in [2.24, 2.45) is 0 Å². The van der Waals surface area contributed by atoms with E-state index in [1.54, 1.807) is 19.0 Å². The normalized spacial score (nSPS) is 11.4. The molecule has 5 heteroatoms. The maximum atomic E-state index is 7.60. The molecule has 0 aliphatic heterocycles. The molecule has 0 radical (unpaired) electrons. The van der Waals surface area contributed by atoms with E-state index in [-0.39, 0.29) is 5.84 Å². The number of hydrogen-bond donors (Lipinski definition) is 1. The van der Waals surface area contributed by atoms with Crippen LogP contribution in [0.15, 0.2) is 0 Å². The fourth-order valence-corrected chi connectivity index (χ4v) is 0.814. The van der Waals surface area contributed by atoms with Gasteiger partial charge in [0.05, 0.1) is 0 Å². The fourth-order valence-electron chi connectivity index (χ4n) is 0.814. The predicted octanol–water partition coefficient (Wildman–Crippen LogP) is 0.118. The highest BCUT2D eigenvalue weighted by molar-refractivity contribution is 5.84. The van der Waals surface area contributed by atoms with Crippen LogP contribution in [0, 0.1) is 5.41 Å². The summed E-state index contributed by atoms with van der Waals surface area (Å²) in [5, 5.41) is 7.60. The second kappa shape index (κ2) is 4.39. The van der Waals surface area contributed by atoms with E-state index >= 15 is 0 Å². The lowest BCUT2D eigenvalue weighted by molar-refractivity contribution is -0.307. The van der Waals surface area contributed by atoms with Crippen molar-refractivity contribution in [1.82, 2.24) is 4.90 Å². The number of amidine groups is 1. The Balaban J connectivity index is 4.59. The largest absolute Gasteiger partial charge is 0.360 e. The summed E-state index contributed by atoms with van der Waals surface area (Å²) in [5.41, 5.74) is 0. The Labute approximate surface area is 72.7 Å². The second-order valence-corrected chi connectivity index (χ2v) is 2.41. The molecule has 12 heavy (non-hydrogen) atoms. The van der Waals surface area contributed by atoms with Crippen LogP contribution in [0.4, 0.5) is 0 Å². The van der Waals surface area contributed by atoms with E-state index in [1.165, 1.54) is 21.3 Å². The lowest BCUT2D eigenvalue weighted by Gasteiger charge is -2.31. The van der Waals surface area contributed by atoms with Crippen LogP contribution in [-0.2, 0) is 14.2 Å². The second-order valence-electron chi connectivity index (χ2n) is 2.41. The molecule has 0 bridgehead atoms. The van der Waals surface area contributed by atoms with Gasteiger partial charge in [0.25, 0.3) is 0 Å². The third-order valence-electron chi connectivity index (χ3n) is 1.54. The number of likely N-dealkylation sites (N-methyl/N-ethyl adjacent to an activating group) is 1. The molecule has 0 aliphatic carbocycles. The van der Waals surface area contributed by atoms with Crippen molar-refractivity contribution in [1.29, 1.82) is 5.41 Å². The number of hydrogen-bond acceptors (Lipinski definition) is 4. The van der Waals surface area contributed by atoms with Gasteiger partial charge >= 0.3 is 5.97 Å². The van der Waals surface area contributed by atoms with Crippen LogP contribution in [0.25, 0.3) is 0 Å². The maximum Gasteiger partial charge on any atom is 0.344 e. The summed E-state index contributed by atoms with van der Waals surface area (Å²) in [6.45, 7) is 0. The average molecular weight is 176 g/mol. The Bertz CT molecular complexity index is 146. The summed E-state index contributed by atoms with van der Waals surface area (Å²) in [6.07, 6.45) is 0. The van der Waals surface area contributed by atoms with Gasteiger partial charge in [-0.05, 0) is 0 Å². The molecule has 0 heterocycles. The summed E-state index contributed by atoms with van der Waals surface area (Å²) in [6, 6.07) is 0. The summed E-state index contributed by atoms with van der Waals surface area (Å²) in [5.74, 6) is -1.28. The number of methoxy groups -OCH3 is 3. The smallest absolute Gasteiger partial charge is 0.344 e. The summed E-state index contributed by atoms with van der Waals surface area (Å²) in [4.78, 5) is 1.55. The molecule has 0 rings (SSSR count). The molecule has 0 aromatic heterocycles. The Kier molecular flexibility index (Phi) is 4.16. The maximum absolute atomic E-state index is 7.60. The summed E-state index contributed by atoms with van der Waals surface area (Å²) < 4.78 is 14.8.